The maximum absolute atomic E-state index is 11.0. The molecule has 13 heavy (non-hydrogen) atoms. The first-order valence-corrected chi connectivity index (χ1v) is 3.84. The molecule has 0 fully saturated rings. The highest BCUT2D eigenvalue weighted by molar-refractivity contribution is 5.96. The highest BCUT2D eigenvalue weighted by Gasteiger charge is 2.22. The van der Waals surface area contributed by atoms with Gasteiger partial charge in [0.25, 0.3) is 0 Å². The van der Waals surface area contributed by atoms with E-state index in [-0.39, 0.29) is 24.7 Å². The highest BCUT2D eigenvalue weighted by Crippen LogP contribution is 1.96. The first-order chi connectivity index (χ1) is 6.09. The van der Waals surface area contributed by atoms with Gasteiger partial charge in [-0.3, -0.25) is 9.59 Å². The van der Waals surface area contributed by atoms with E-state index in [9.17, 15) is 14.4 Å². The minimum absolute atomic E-state index is 0.0370. The summed E-state index contributed by atoms with van der Waals surface area (Å²) in [4.78, 5) is 32.4. The zero-order valence-corrected chi connectivity index (χ0v) is 7.19. The molecule has 1 aliphatic rings. The van der Waals surface area contributed by atoms with Crippen LogP contribution >= 0.6 is 0 Å². The molecule has 0 saturated heterocycles. The van der Waals surface area contributed by atoms with Crippen LogP contribution in [0.3, 0.4) is 0 Å². The van der Waals surface area contributed by atoms with E-state index < -0.39 is 5.91 Å². The fourth-order valence-electron chi connectivity index (χ4n) is 0.854. The number of carbonyl (C=O) groups excluding carboxylic acids is 3. The molecule has 0 saturated carbocycles. The average Bonchev–Trinajstić information content (AvgIpc) is 2.06. The van der Waals surface area contributed by atoms with E-state index in [1.54, 1.807) is 0 Å². The Labute approximate surface area is 74.7 Å². The van der Waals surface area contributed by atoms with E-state index in [0.717, 1.165) is 16.8 Å². The number of Topliss-reactive ketones (excluding diaryl/α,β-unsaturated/α-hetero) is 1. The van der Waals surface area contributed by atoms with Crippen molar-refractivity contribution >= 4 is 17.6 Å². The van der Waals surface area contributed by atoms with Gasteiger partial charge in [-0.05, 0) is 11.6 Å². The molecule has 68 valence electrons. The zero-order valence-electron chi connectivity index (χ0n) is 7.19. The maximum atomic E-state index is 11.0. The number of azo groups is 2. The minimum Gasteiger partial charge on any atom is -0.300 e. The van der Waals surface area contributed by atoms with Gasteiger partial charge in [0.15, 0.2) is 6.54 Å². The molecule has 5 nitrogen and oxygen atoms in total. The van der Waals surface area contributed by atoms with Gasteiger partial charge in [-0.15, -0.1) is 0 Å². The van der Waals surface area contributed by atoms with Crippen molar-refractivity contribution in [3.63, 3.8) is 0 Å². The first-order valence-electron chi connectivity index (χ1n) is 3.84. The third-order valence-electron chi connectivity index (χ3n) is 1.52. The van der Waals surface area contributed by atoms with Crippen LogP contribution in [0, 0.1) is 0 Å². The Kier molecular flexibility index (Phi) is 2.79. The van der Waals surface area contributed by atoms with Gasteiger partial charge in [0.05, 0.1) is 12.5 Å². The fourth-order valence-corrected chi connectivity index (χ4v) is 0.854. The molecule has 1 rings (SSSR count). The van der Waals surface area contributed by atoms with Crippen molar-refractivity contribution < 1.29 is 19.1 Å². The topological polar surface area (TPSA) is 66.6 Å². The predicted molar refractivity (Wildman–Crippen MR) is 42.0 cm³/mol. The molecular weight excluding hydrogens is 172 g/mol. The van der Waals surface area contributed by atoms with Gasteiger partial charge in [-0.25, -0.2) is 4.79 Å². The lowest BCUT2D eigenvalue weighted by molar-refractivity contribution is -0.505. The number of amides is 2. The van der Waals surface area contributed by atoms with Crippen LogP contribution in [0.25, 0.3) is 0 Å². The molecule has 2 amide bonds. The smallest absolute Gasteiger partial charge is 0.300 e. The molecular formula is C8H9N2O3+. The third kappa shape index (κ3) is 2.70. The Bertz CT molecular complexity index is 328. The largest absolute Gasteiger partial charge is 0.437 e. The summed E-state index contributed by atoms with van der Waals surface area (Å²) in [5, 5.41) is 3.44. The van der Waals surface area contributed by atoms with E-state index in [4.69, 9.17) is 0 Å². The molecule has 0 bridgehead atoms. The van der Waals surface area contributed by atoms with Crippen molar-refractivity contribution in [3.8, 4) is 0 Å². The second-order valence-corrected chi connectivity index (χ2v) is 2.68. The summed E-state index contributed by atoms with van der Waals surface area (Å²) in [7, 11) is 0. The number of rotatable bonds is 3. The molecule has 1 heterocycles. The van der Waals surface area contributed by atoms with Gasteiger partial charge in [0.1, 0.15) is 5.78 Å². The second kappa shape index (κ2) is 3.84. The van der Waals surface area contributed by atoms with Gasteiger partial charge in [0.2, 0.25) is 0 Å². The summed E-state index contributed by atoms with van der Waals surface area (Å²) in [6.45, 7) is 1.59. The molecule has 0 aliphatic carbocycles. The second-order valence-electron chi connectivity index (χ2n) is 2.68. The van der Waals surface area contributed by atoms with E-state index in [0.29, 0.717) is 0 Å². The van der Waals surface area contributed by atoms with Crippen LogP contribution in [0.4, 0.5) is 0 Å². The quantitative estimate of drug-likeness (QED) is 0.578. The summed E-state index contributed by atoms with van der Waals surface area (Å²) >= 11 is 0. The van der Waals surface area contributed by atoms with Gasteiger partial charge in [-0.2, -0.15) is 0 Å². The summed E-state index contributed by atoms with van der Waals surface area (Å²) in [6, 6.07) is 0. The predicted octanol–water partition coefficient (Wildman–Crippen LogP) is 0.0532. The van der Waals surface area contributed by atoms with Crippen molar-refractivity contribution in [1.82, 2.24) is 0 Å². The van der Waals surface area contributed by atoms with E-state index in [2.05, 4.69) is 5.11 Å². The lowest BCUT2D eigenvalue weighted by Gasteiger charge is -1.95. The lowest BCUT2D eigenvalue weighted by atomic mass is 10.3. The van der Waals surface area contributed by atoms with Crippen LogP contribution in [0.1, 0.15) is 13.3 Å². The van der Waals surface area contributed by atoms with Crippen LogP contribution in [-0.4, -0.2) is 28.8 Å². The van der Waals surface area contributed by atoms with Crippen molar-refractivity contribution in [1.29, 1.82) is 0 Å². The Morgan fingerprint density at radius 2 is 2.15 bits per heavy atom. The normalized spacial score (nSPS) is 15.9. The SMILES string of the molecule is CC(=O)CC[N+]1=NC(=O)C=CC1=O. The standard InChI is InChI=1S/C8H9N2O3/c1-6(11)4-5-10-8(13)3-2-7(12)9-10/h2-3H,4-5H2,1H3/q+1. The highest BCUT2D eigenvalue weighted by atomic mass is 16.2. The summed E-state index contributed by atoms with van der Waals surface area (Å²) in [5.41, 5.74) is 0. The minimum atomic E-state index is -0.469. The van der Waals surface area contributed by atoms with E-state index >= 15 is 0 Å². The van der Waals surface area contributed by atoms with Crippen molar-refractivity contribution in [2.75, 3.05) is 6.54 Å². The van der Waals surface area contributed by atoms with Gasteiger partial charge in [-0.1, -0.05) is 0 Å². The third-order valence-corrected chi connectivity index (χ3v) is 1.52. The monoisotopic (exact) mass is 181 g/mol. The molecule has 5 heteroatoms. The average molecular weight is 181 g/mol. The number of nitrogens with zero attached hydrogens (tertiary/aromatic N) is 2. The van der Waals surface area contributed by atoms with Crippen LogP contribution < -0.4 is 0 Å². The lowest BCUT2D eigenvalue weighted by Crippen LogP contribution is -2.24. The Morgan fingerprint density at radius 3 is 2.77 bits per heavy atom. The maximum Gasteiger partial charge on any atom is 0.437 e. The molecule has 0 aromatic carbocycles. The van der Waals surface area contributed by atoms with Gasteiger partial charge >= 0.3 is 11.8 Å². The van der Waals surface area contributed by atoms with Crippen molar-refractivity contribution in [3.05, 3.63) is 12.2 Å². The van der Waals surface area contributed by atoms with Crippen LogP contribution in [0.15, 0.2) is 17.3 Å². The molecule has 0 aromatic rings. The Morgan fingerprint density at radius 1 is 1.46 bits per heavy atom. The van der Waals surface area contributed by atoms with E-state index in [1.807, 2.05) is 0 Å². The van der Waals surface area contributed by atoms with Crippen LogP contribution in [0.2, 0.25) is 0 Å². The molecule has 0 unspecified atom stereocenters. The zero-order chi connectivity index (χ0) is 9.84. The number of hydrogen-bond acceptors (Lipinski definition) is 3. The molecule has 0 spiro atoms. The summed E-state index contributed by atoms with van der Waals surface area (Å²) in [5.74, 6) is -0.867. The molecule has 0 N–H and O–H groups in total. The van der Waals surface area contributed by atoms with Crippen LogP contribution in [0.5, 0.6) is 0 Å². The Hall–Kier alpha value is -1.65. The Balaban J connectivity index is 2.63. The molecule has 0 atom stereocenters. The summed E-state index contributed by atoms with van der Waals surface area (Å²) < 4.78 is 1.00. The van der Waals surface area contributed by atoms with Crippen molar-refractivity contribution in [2.24, 2.45) is 5.11 Å². The molecule has 1 aliphatic heterocycles. The van der Waals surface area contributed by atoms with Crippen molar-refractivity contribution in [2.45, 2.75) is 13.3 Å². The fraction of sp³-hybridized carbons (Fsp3) is 0.375. The van der Waals surface area contributed by atoms with Gasteiger partial charge in [0, 0.05) is 11.2 Å². The molecule has 0 radical (unpaired) electrons. The number of ketones is 1. The first kappa shape index (κ1) is 9.44. The number of carbonyl (C=O) groups is 3. The number of hydrogen-bond donors (Lipinski definition) is 0. The summed E-state index contributed by atoms with van der Waals surface area (Å²) in [6.07, 6.45) is 2.47. The van der Waals surface area contributed by atoms with Gasteiger partial charge < -0.3 is 0 Å². The molecule has 0 aromatic heterocycles. The van der Waals surface area contributed by atoms with E-state index in [1.165, 1.54) is 6.92 Å². The van der Waals surface area contributed by atoms with Crippen LogP contribution in [-0.2, 0) is 14.4 Å².